The number of nitriles is 1. The first-order chi connectivity index (χ1) is 7.63. The SMILES string of the molecule is Cc1ccc(-c2csc(N)c2C#N)c(C)c1. The molecule has 0 fully saturated rings. The van der Waals surface area contributed by atoms with Gasteiger partial charge in [-0.15, -0.1) is 11.3 Å². The topological polar surface area (TPSA) is 49.8 Å². The summed E-state index contributed by atoms with van der Waals surface area (Å²) in [5.41, 5.74) is 10.8. The standard InChI is InChI=1S/C13H12N2S/c1-8-3-4-10(9(2)5-8)12-7-16-13(15)11(12)6-14/h3-5,7H,15H2,1-2H3. The van der Waals surface area contributed by atoms with Crippen molar-refractivity contribution in [1.82, 2.24) is 0 Å². The van der Waals surface area contributed by atoms with E-state index in [2.05, 4.69) is 32.0 Å². The molecule has 1 heterocycles. The van der Waals surface area contributed by atoms with Crippen LogP contribution in [-0.4, -0.2) is 0 Å². The minimum atomic E-state index is 0.594. The average molecular weight is 228 g/mol. The third-order valence-electron chi connectivity index (χ3n) is 2.60. The number of nitrogens with two attached hydrogens (primary N) is 1. The van der Waals surface area contributed by atoms with Crippen LogP contribution in [-0.2, 0) is 0 Å². The summed E-state index contributed by atoms with van der Waals surface area (Å²) in [5, 5.41) is 11.6. The van der Waals surface area contributed by atoms with E-state index in [1.54, 1.807) is 0 Å². The van der Waals surface area contributed by atoms with E-state index >= 15 is 0 Å². The van der Waals surface area contributed by atoms with Gasteiger partial charge in [-0.25, -0.2) is 0 Å². The summed E-state index contributed by atoms with van der Waals surface area (Å²) in [7, 11) is 0. The first kappa shape index (κ1) is 10.7. The molecule has 0 amide bonds. The zero-order valence-electron chi connectivity index (χ0n) is 9.24. The van der Waals surface area contributed by atoms with E-state index < -0.39 is 0 Å². The molecule has 2 N–H and O–H groups in total. The lowest BCUT2D eigenvalue weighted by molar-refractivity contribution is 1.38. The minimum Gasteiger partial charge on any atom is -0.389 e. The van der Waals surface area contributed by atoms with E-state index in [9.17, 15) is 0 Å². The minimum absolute atomic E-state index is 0.594. The molecule has 0 saturated heterocycles. The van der Waals surface area contributed by atoms with Gasteiger partial charge < -0.3 is 5.73 Å². The van der Waals surface area contributed by atoms with Gasteiger partial charge in [0.2, 0.25) is 0 Å². The molecule has 0 bridgehead atoms. The number of rotatable bonds is 1. The zero-order valence-corrected chi connectivity index (χ0v) is 10.1. The van der Waals surface area contributed by atoms with Crippen molar-refractivity contribution in [2.45, 2.75) is 13.8 Å². The van der Waals surface area contributed by atoms with Crippen LogP contribution in [0.25, 0.3) is 11.1 Å². The Morgan fingerprint density at radius 2 is 2.00 bits per heavy atom. The highest BCUT2D eigenvalue weighted by Gasteiger charge is 2.12. The molecule has 0 aliphatic heterocycles. The Hall–Kier alpha value is -1.79. The number of anilines is 1. The second-order valence-electron chi connectivity index (χ2n) is 3.82. The van der Waals surface area contributed by atoms with Crippen molar-refractivity contribution >= 4 is 16.3 Å². The van der Waals surface area contributed by atoms with Gasteiger partial charge in [0.1, 0.15) is 11.1 Å². The first-order valence-electron chi connectivity index (χ1n) is 4.98. The maximum atomic E-state index is 9.07. The zero-order chi connectivity index (χ0) is 11.7. The van der Waals surface area contributed by atoms with Crippen molar-refractivity contribution in [2.75, 3.05) is 5.73 Å². The van der Waals surface area contributed by atoms with Gasteiger partial charge in [-0.1, -0.05) is 23.8 Å². The number of hydrogen-bond acceptors (Lipinski definition) is 3. The fraction of sp³-hybridized carbons (Fsp3) is 0.154. The molecule has 2 nitrogen and oxygen atoms in total. The summed E-state index contributed by atoms with van der Waals surface area (Å²) >= 11 is 1.42. The molecule has 80 valence electrons. The third-order valence-corrected chi connectivity index (χ3v) is 3.41. The van der Waals surface area contributed by atoms with Gasteiger partial charge in [0, 0.05) is 10.9 Å². The Balaban J connectivity index is 2.64. The summed E-state index contributed by atoms with van der Waals surface area (Å²) in [4.78, 5) is 0. The van der Waals surface area contributed by atoms with Crippen molar-refractivity contribution in [3.05, 3.63) is 40.3 Å². The lowest BCUT2D eigenvalue weighted by atomic mass is 9.98. The van der Waals surface area contributed by atoms with Crippen LogP contribution >= 0.6 is 11.3 Å². The molecule has 1 aromatic heterocycles. The molecule has 0 radical (unpaired) electrons. The average Bonchev–Trinajstić information content (AvgIpc) is 2.59. The van der Waals surface area contributed by atoms with Crippen LogP contribution in [0.4, 0.5) is 5.00 Å². The van der Waals surface area contributed by atoms with E-state index in [0.29, 0.717) is 10.6 Å². The fourth-order valence-corrected chi connectivity index (χ4v) is 2.57. The monoisotopic (exact) mass is 228 g/mol. The molecule has 0 aliphatic carbocycles. The maximum Gasteiger partial charge on any atom is 0.104 e. The molecular weight excluding hydrogens is 216 g/mol. The Labute approximate surface area is 99.0 Å². The van der Waals surface area contributed by atoms with Crippen molar-refractivity contribution in [3.63, 3.8) is 0 Å². The molecule has 2 rings (SSSR count). The largest absolute Gasteiger partial charge is 0.389 e. The van der Waals surface area contributed by atoms with Crippen LogP contribution in [0.15, 0.2) is 23.6 Å². The van der Waals surface area contributed by atoms with Crippen LogP contribution < -0.4 is 5.73 Å². The molecule has 0 atom stereocenters. The molecular formula is C13H12N2S. The molecule has 1 aromatic carbocycles. The highest BCUT2D eigenvalue weighted by Crippen LogP contribution is 2.34. The number of nitrogens with zero attached hydrogens (tertiary/aromatic N) is 1. The smallest absolute Gasteiger partial charge is 0.104 e. The van der Waals surface area contributed by atoms with E-state index in [4.69, 9.17) is 11.0 Å². The Bertz CT molecular complexity index is 576. The quantitative estimate of drug-likeness (QED) is 0.812. The molecule has 0 unspecified atom stereocenters. The van der Waals surface area contributed by atoms with Crippen molar-refractivity contribution in [2.24, 2.45) is 0 Å². The number of benzene rings is 1. The Morgan fingerprint density at radius 1 is 1.25 bits per heavy atom. The first-order valence-corrected chi connectivity index (χ1v) is 5.86. The Morgan fingerprint density at radius 3 is 2.62 bits per heavy atom. The van der Waals surface area contributed by atoms with Gasteiger partial charge >= 0.3 is 0 Å². The number of thiophene rings is 1. The summed E-state index contributed by atoms with van der Waals surface area (Å²) in [6.45, 7) is 4.11. The van der Waals surface area contributed by atoms with Gasteiger partial charge in [0.15, 0.2) is 0 Å². The molecule has 16 heavy (non-hydrogen) atoms. The number of nitrogen functional groups attached to an aromatic ring is 1. The highest BCUT2D eigenvalue weighted by molar-refractivity contribution is 7.14. The second kappa shape index (κ2) is 3.99. The molecule has 0 aliphatic rings. The van der Waals surface area contributed by atoms with Crippen LogP contribution in [0, 0.1) is 25.2 Å². The van der Waals surface area contributed by atoms with Gasteiger partial charge in [-0.2, -0.15) is 5.26 Å². The predicted octanol–water partition coefficient (Wildman–Crippen LogP) is 3.49. The number of aryl methyl sites for hydroxylation is 2. The van der Waals surface area contributed by atoms with Crippen molar-refractivity contribution in [3.8, 4) is 17.2 Å². The predicted molar refractivity (Wildman–Crippen MR) is 68.4 cm³/mol. The third kappa shape index (κ3) is 1.68. The molecule has 3 heteroatoms. The normalized spacial score (nSPS) is 10.1. The van der Waals surface area contributed by atoms with Crippen LogP contribution in [0.5, 0.6) is 0 Å². The molecule has 0 spiro atoms. The molecule has 0 saturated carbocycles. The summed E-state index contributed by atoms with van der Waals surface area (Å²) in [6, 6.07) is 8.39. The Kier molecular flexibility index (Phi) is 2.67. The van der Waals surface area contributed by atoms with Gasteiger partial charge in [-0.3, -0.25) is 0 Å². The van der Waals surface area contributed by atoms with E-state index in [0.717, 1.165) is 11.1 Å². The highest BCUT2D eigenvalue weighted by atomic mass is 32.1. The lowest BCUT2D eigenvalue weighted by Crippen LogP contribution is -1.88. The lowest BCUT2D eigenvalue weighted by Gasteiger charge is -2.05. The maximum absolute atomic E-state index is 9.07. The van der Waals surface area contributed by atoms with Gasteiger partial charge in [-0.05, 0) is 25.0 Å². The second-order valence-corrected chi connectivity index (χ2v) is 4.73. The van der Waals surface area contributed by atoms with Gasteiger partial charge in [0.05, 0.1) is 5.56 Å². The van der Waals surface area contributed by atoms with E-state index in [1.165, 1.54) is 22.5 Å². The summed E-state index contributed by atoms with van der Waals surface area (Å²) in [5.74, 6) is 0. The van der Waals surface area contributed by atoms with Gasteiger partial charge in [0.25, 0.3) is 0 Å². The summed E-state index contributed by atoms with van der Waals surface area (Å²) < 4.78 is 0. The summed E-state index contributed by atoms with van der Waals surface area (Å²) in [6.07, 6.45) is 0. The van der Waals surface area contributed by atoms with E-state index in [-0.39, 0.29) is 0 Å². The molecule has 2 aromatic rings. The van der Waals surface area contributed by atoms with Crippen LogP contribution in [0.3, 0.4) is 0 Å². The number of hydrogen-bond donors (Lipinski definition) is 1. The van der Waals surface area contributed by atoms with Crippen molar-refractivity contribution < 1.29 is 0 Å². The van der Waals surface area contributed by atoms with Crippen LogP contribution in [0.2, 0.25) is 0 Å². The van der Waals surface area contributed by atoms with Crippen LogP contribution in [0.1, 0.15) is 16.7 Å². The fourth-order valence-electron chi connectivity index (χ4n) is 1.80. The van der Waals surface area contributed by atoms with Crippen molar-refractivity contribution in [1.29, 1.82) is 5.26 Å². The van der Waals surface area contributed by atoms with E-state index in [1.807, 2.05) is 11.4 Å².